The van der Waals surface area contributed by atoms with Crippen molar-refractivity contribution in [2.24, 2.45) is 0 Å². The second-order valence-corrected chi connectivity index (χ2v) is 11.0. The van der Waals surface area contributed by atoms with Crippen molar-refractivity contribution in [3.63, 3.8) is 0 Å². The lowest BCUT2D eigenvalue weighted by molar-refractivity contribution is -0.150. The number of ether oxygens (including phenoxy) is 1. The maximum atomic E-state index is 13.6. The van der Waals surface area contributed by atoms with Gasteiger partial charge < -0.3 is 25.4 Å². The molecule has 240 valence electrons. The molecule has 2 rings (SSSR count). The molecule has 11 heteroatoms. The van der Waals surface area contributed by atoms with Crippen LogP contribution in [0.1, 0.15) is 90.0 Å². The number of hydrogen-bond donors (Lipinski definition) is 4. The highest BCUT2D eigenvalue weighted by molar-refractivity contribution is 5.88. The predicted octanol–water partition coefficient (Wildman–Crippen LogP) is 2.96. The van der Waals surface area contributed by atoms with Crippen LogP contribution >= 0.6 is 0 Å². The summed E-state index contributed by atoms with van der Waals surface area (Å²) in [5.41, 5.74) is 1.05. The number of nitrogens with zero attached hydrogens (tertiary/aromatic N) is 1. The lowest BCUT2D eigenvalue weighted by Gasteiger charge is -2.30. The number of esters is 1. The molecule has 1 aliphatic heterocycles. The van der Waals surface area contributed by atoms with Crippen LogP contribution in [0.5, 0.6) is 0 Å². The number of carbonyl (C=O) groups is 5. The van der Waals surface area contributed by atoms with Crippen molar-refractivity contribution in [3.05, 3.63) is 35.9 Å². The van der Waals surface area contributed by atoms with E-state index in [1.807, 2.05) is 30.3 Å². The molecular formula is C32H50N4O7. The lowest BCUT2D eigenvalue weighted by atomic mass is 10.0. The van der Waals surface area contributed by atoms with E-state index in [-0.39, 0.29) is 37.3 Å². The minimum atomic E-state index is -1.03. The number of hydrogen-bond acceptors (Lipinski definition) is 7. The average Bonchev–Trinajstić information content (AvgIpc) is 3.49. The van der Waals surface area contributed by atoms with Gasteiger partial charge in [-0.05, 0) is 63.9 Å². The first-order valence-electron chi connectivity index (χ1n) is 15.8. The van der Waals surface area contributed by atoms with Gasteiger partial charge in [-0.25, -0.2) is 4.79 Å². The number of nitrogens with one attached hydrogen (secondary N) is 3. The quantitative estimate of drug-likeness (QED) is 0.124. The number of carboxylic acid groups (broad SMARTS) is 1. The van der Waals surface area contributed by atoms with Crippen LogP contribution in [0.3, 0.4) is 0 Å². The van der Waals surface area contributed by atoms with Crippen molar-refractivity contribution in [2.45, 2.75) is 109 Å². The normalized spacial score (nSPS) is 15.9. The van der Waals surface area contributed by atoms with Crippen molar-refractivity contribution in [1.82, 2.24) is 20.9 Å². The lowest BCUT2D eigenvalue weighted by Crippen LogP contribution is -2.54. The Morgan fingerprint density at radius 3 is 2.33 bits per heavy atom. The third-order valence-electron chi connectivity index (χ3n) is 7.58. The molecule has 43 heavy (non-hydrogen) atoms. The minimum absolute atomic E-state index is 0.0440. The summed E-state index contributed by atoms with van der Waals surface area (Å²) in [5.74, 6) is -2.02. The number of aryl methyl sites for hydroxylation is 1. The molecule has 3 atom stereocenters. The van der Waals surface area contributed by atoms with E-state index in [9.17, 15) is 29.1 Å². The highest BCUT2D eigenvalue weighted by atomic mass is 16.5. The maximum absolute atomic E-state index is 13.6. The summed E-state index contributed by atoms with van der Waals surface area (Å²) in [6, 6.07) is 7.33. The summed E-state index contributed by atoms with van der Waals surface area (Å²) in [5, 5.41) is 18.5. The Balaban J connectivity index is 1.94. The van der Waals surface area contributed by atoms with Crippen LogP contribution in [0.25, 0.3) is 0 Å². The molecule has 0 aromatic heterocycles. The van der Waals surface area contributed by atoms with Gasteiger partial charge in [0.15, 0.2) is 0 Å². The van der Waals surface area contributed by atoms with Crippen LogP contribution in [0.15, 0.2) is 30.3 Å². The second-order valence-electron chi connectivity index (χ2n) is 11.0. The van der Waals surface area contributed by atoms with Crippen LogP contribution in [0, 0.1) is 0 Å². The van der Waals surface area contributed by atoms with Crippen LogP contribution in [0.4, 0.5) is 0 Å². The van der Waals surface area contributed by atoms with Crippen molar-refractivity contribution in [3.8, 4) is 0 Å². The largest absolute Gasteiger partial charge is 0.480 e. The molecule has 0 aliphatic carbocycles. The van der Waals surface area contributed by atoms with Gasteiger partial charge in [0.1, 0.15) is 12.1 Å². The molecule has 1 fully saturated rings. The zero-order valence-corrected chi connectivity index (χ0v) is 25.8. The minimum Gasteiger partial charge on any atom is -0.480 e. The Hall–Kier alpha value is -3.47. The number of amides is 3. The van der Waals surface area contributed by atoms with Crippen LogP contribution in [-0.2, 0) is 35.1 Å². The first-order valence-corrected chi connectivity index (χ1v) is 15.8. The number of aliphatic carboxylic acids is 1. The molecule has 1 aromatic carbocycles. The Kier molecular flexibility index (Phi) is 17.0. The van der Waals surface area contributed by atoms with Gasteiger partial charge >= 0.3 is 11.9 Å². The van der Waals surface area contributed by atoms with Gasteiger partial charge in [-0.15, -0.1) is 0 Å². The van der Waals surface area contributed by atoms with E-state index >= 15 is 0 Å². The monoisotopic (exact) mass is 602 g/mol. The van der Waals surface area contributed by atoms with E-state index in [0.717, 1.165) is 24.8 Å². The van der Waals surface area contributed by atoms with Crippen molar-refractivity contribution >= 4 is 29.7 Å². The van der Waals surface area contributed by atoms with Gasteiger partial charge in [0, 0.05) is 32.5 Å². The van der Waals surface area contributed by atoms with Gasteiger partial charge in [0.25, 0.3) is 0 Å². The van der Waals surface area contributed by atoms with E-state index < -0.39 is 30.1 Å². The fourth-order valence-corrected chi connectivity index (χ4v) is 5.21. The van der Waals surface area contributed by atoms with E-state index in [0.29, 0.717) is 64.5 Å². The first kappa shape index (κ1) is 35.7. The maximum Gasteiger partial charge on any atom is 0.326 e. The van der Waals surface area contributed by atoms with Crippen molar-refractivity contribution in [2.75, 3.05) is 26.2 Å². The molecule has 1 heterocycles. The third kappa shape index (κ3) is 13.6. The molecule has 3 amide bonds. The van der Waals surface area contributed by atoms with Gasteiger partial charge in [-0.3, -0.25) is 24.5 Å². The summed E-state index contributed by atoms with van der Waals surface area (Å²) >= 11 is 0. The second kappa shape index (κ2) is 20.4. The Bertz CT molecular complexity index is 1020. The molecule has 0 radical (unpaired) electrons. The molecule has 11 nitrogen and oxygen atoms in total. The molecule has 4 N–H and O–H groups in total. The smallest absolute Gasteiger partial charge is 0.326 e. The van der Waals surface area contributed by atoms with Crippen LogP contribution < -0.4 is 16.0 Å². The topological polar surface area (TPSA) is 154 Å². The highest BCUT2D eigenvalue weighted by Crippen LogP contribution is 2.20. The average molecular weight is 603 g/mol. The summed E-state index contributed by atoms with van der Waals surface area (Å²) in [6.45, 7) is 5.06. The summed E-state index contributed by atoms with van der Waals surface area (Å²) in [4.78, 5) is 63.7. The Morgan fingerprint density at radius 1 is 0.907 bits per heavy atom. The first-order chi connectivity index (χ1) is 20.8. The zero-order chi connectivity index (χ0) is 31.5. The SMILES string of the molecule is CCCCCC(=O)NCCC(=O)NCCCC[C@H](NC(CCc1ccccc1)C(=O)OCC)C(=O)N1CCCC1C(=O)O. The highest BCUT2D eigenvalue weighted by Gasteiger charge is 2.38. The summed E-state index contributed by atoms with van der Waals surface area (Å²) in [6.07, 6.45) is 7.10. The number of rotatable bonds is 21. The fourth-order valence-electron chi connectivity index (χ4n) is 5.21. The van der Waals surface area contributed by atoms with E-state index in [1.54, 1.807) is 6.92 Å². The van der Waals surface area contributed by atoms with Crippen LogP contribution in [0.2, 0.25) is 0 Å². The molecule has 1 aromatic rings. The standard InChI is InChI=1S/C32H50N4O7/c1-3-5-7-17-28(37)34-22-20-29(38)33-21-11-10-15-25(30(39)36-23-12-16-27(36)31(40)41)35-26(32(42)43-4-2)19-18-24-13-8-6-9-14-24/h6,8-9,13-14,25-27,35H,3-5,7,10-12,15-23H2,1-2H3,(H,33,38)(H,34,37)(H,40,41)/t25-,26?,27?/m0/s1. The molecule has 1 aliphatic rings. The number of likely N-dealkylation sites (tertiary alicyclic amines) is 1. The third-order valence-corrected chi connectivity index (χ3v) is 7.58. The number of carboxylic acids is 1. The van der Waals surface area contributed by atoms with Crippen molar-refractivity contribution < 1.29 is 33.8 Å². The van der Waals surface area contributed by atoms with Crippen molar-refractivity contribution in [1.29, 1.82) is 0 Å². The van der Waals surface area contributed by atoms with E-state index in [1.165, 1.54) is 4.90 Å². The number of carbonyl (C=O) groups excluding carboxylic acids is 4. The molecule has 1 saturated heterocycles. The number of benzene rings is 1. The predicted molar refractivity (Wildman–Crippen MR) is 163 cm³/mol. The summed E-state index contributed by atoms with van der Waals surface area (Å²) < 4.78 is 5.30. The molecule has 0 spiro atoms. The summed E-state index contributed by atoms with van der Waals surface area (Å²) in [7, 11) is 0. The molecule has 0 saturated carbocycles. The molecule has 2 unspecified atom stereocenters. The van der Waals surface area contributed by atoms with Crippen LogP contribution in [-0.4, -0.2) is 84.0 Å². The van der Waals surface area contributed by atoms with E-state index in [4.69, 9.17) is 4.74 Å². The van der Waals surface area contributed by atoms with Gasteiger partial charge in [-0.1, -0.05) is 50.1 Å². The Morgan fingerprint density at radius 2 is 1.63 bits per heavy atom. The molecule has 0 bridgehead atoms. The zero-order valence-electron chi connectivity index (χ0n) is 25.8. The van der Waals surface area contributed by atoms with E-state index in [2.05, 4.69) is 22.9 Å². The fraction of sp³-hybridized carbons (Fsp3) is 0.656. The molecular weight excluding hydrogens is 552 g/mol. The van der Waals surface area contributed by atoms with Gasteiger partial charge in [-0.2, -0.15) is 0 Å². The Labute approximate surface area is 255 Å². The van der Waals surface area contributed by atoms with Gasteiger partial charge in [0.2, 0.25) is 17.7 Å². The van der Waals surface area contributed by atoms with Gasteiger partial charge in [0.05, 0.1) is 12.6 Å². The number of unbranched alkanes of at least 4 members (excludes halogenated alkanes) is 3.